The fourth-order valence-electron chi connectivity index (χ4n) is 5.47. The quantitative estimate of drug-likeness (QED) is 0.315. The van der Waals surface area contributed by atoms with Gasteiger partial charge in [-0.2, -0.15) is 0 Å². The number of carbonyl (C=O) groups excluding carboxylic acids is 1. The van der Waals surface area contributed by atoms with Crippen molar-refractivity contribution in [1.82, 2.24) is 9.96 Å². The molecule has 1 amide bonds. The second-order valence-corrected chi connectivity index (χ2v) is 11.4. The van der Waals surface area contributed by atoms with Crippen molar-refractivity contribution in [1.29, 1.82) is 0 Å². The SMILES string of the molecule is O=C(Cc1ccc(Cl)c(Cl)c1)N(OC1CCCCO1)[C@H](CN1CC[C@@H](OC2CCCCO2)C1)c1ccccc1. The molecular formula is C30H38Cl2N2O5. The van der Waals surface area contributed by atoms with E-state index in [0.717, 1.165) is 75.8 Å². The second kappa shape index (κ2) is 14.3. The van der Waals surface area contributed by atoms with Gasteiger partial charge in [-0.1, -0.05) is 59.6 Å². The molecule has 0 bridgehead atoms. The van der Waals surface area contributed by atoms with Crippen LogP contribution in [0.25, 0.3) is 0 Å². The molecule has 3 fully saturated rings. The summed E-state index contributed by atoms with van der Waals surface area (Å²) in [4.78, 5) is 22.6. The maximum atomic E-state index is 13.9. The minimum absolute atomic E-state index is 0.107. The normalized spacial score (nSPS) is 24.9. The number of carbonyl (C=O) groups is 1. The van der Waals surface area contributed by atoms with E-state index < -0.39 is 6.29 Å². The van der Waals surface area contributed by atoms with E-state index in [1.165, 1.54) is 0 Å². The molecule has 0 spiro atoms. The minimum Gasteiger partial charge on any atom is -0.353 e. The van der Waals surface area contributed by atoms with Gasteiger partial charge in [0.15, 0.2) is 12.6 Å². The molecule has 2 aromatic carbocycles. The van der Waals surface area contributed by atoms with Crippen molar-refractivity contribution in [2.24, 2.45) is 0 Å². The van der Waals surface area contributed by atoms with Crippen molar-refractivity contribution in [2.75, 3.05) is 32.8 Å². The summed E-state index contributed by atoms with van der Waals surface area (Å²) in [5, 5.41) is 2.43. The number of rotatable bonds is 10. The van der Waals surface area contributed by atoms with Gasteiger partial charge in [0.2, 0.25) is 0 Å². The fraction of sp³-hybridized carbons (Fsp3) is 0.567. The van der Waals surface area contributed by atoms with Gasteiger partial charge in [0.1, 0.15) is 0 Å². The van der Waals surface area contributed by atoms with Crippen LogP contribution >= 0.6 is 23.2 Å². The summed E-state index contributed by atoms with van der Waals surface area (Å²) >= 11 is 12.4. The molecule has 9 heteroatoms. The predicted molar refractivity (Wildman–Crippen MR) is 150 cm³/mol. The molecule has 2 aromatic rings. The largest absolute Gasteiger partial charge is 0.353 e. The van der Waals surface area contributed by atoms with Gasteiger partial charge < -0.3 is 14.2 Å². The molecular weight excluding hydrogens is 539 g/mol. The molecule has 0 aliphatic carbocycles. The average Bonchev–Trinajstić information content (AvgIpc) is 3.41. The zero-order chi connectivity index (χ0) is 27.0. The first-order chi connectivity index (χ1) is 19.0. The number of hydrogen-bond acceptors (Lipinski definition) is 6. The van der Waals surface area contributed by atoms with E-state index in [-0.39, 0.29) is 30.8 Å². The van der Waals surface area contributed by atoms with Crippen LogP contribution in [0.2, 0.25) is 10.0 Å². The molecule has 0 N–H and O–H groups in total. The third kappa shape index (κ3) is 8.17. The molecule has 3 heterocycles. The lowest BCUT2D eigenvalue weighted by Crippen LogP contribution is -2.45. The van der Waals surface area contributed by atoms with Crippen LogP contribution in [0.15, 0.2) is 48.5 Å². The Morgan fingerprint density at radius 1 is 0.949 bits per heavy atom. The van der Waals surface area contributed by atoms with Crippen molar-refractivity contribution >= 4 is 29.1 Å². The topological polar surface area (TPSA) is 60.5 Å². The number of hydroxylamine groups is 2. The molecule has 7 nitrogen and oxygen atoms in total. The Hall–Kier alpha value is -1.71. The van der Waals surface area contributed by atoms with E-state index in [9.17, 15) is 4.79 Å². The third-order valence-electron chi connectivity index (χ3n) is 7.56. The first kappa shape index (κ1) is 28.8. The molecule has 4 atom stereocenters. The smallest absolute Gasteiger partial charge is 0.251 e. The Balaban J connectivity index is 1.34. The van der Waals surface area contributed by atoms with Crippen LogP contribution in [0.3, 0.4) is 0 Å². The summed E-state index contributed by atoms with van der Waals surface area (Å²) in [5.74, 6) is -0.154. The molecule has 0 aromatic heterocycles. The van der Waals surface area contributed by atoms with Gasteiger partial charge in [-0.15, -0.1) is 0 Å². The van der Waals surface area contributed by atoms with Crippen molar-refractivity contribution in [3.05, 3.63) is 69.7 Å². The molecule has 3 aliphatic rings. The monoisotopic (exact) mass is 576 g/mol. The third-order valence-corrected chi connectivity index (χ3v) is 8.30. The summed E-state index contributed by atoms with van der Waals surface area (Å²) in [6, 6.07) is 15.0. The Morgan fingerprint density at radius 2 is 1.69 bits per heavy atom. The molecule has 2 unspecified atom stereocenters. The molecule has 39 heavy (non-hydrogen) atoms. The van der Waals surface area contributed by atoms with Crippen LogP contribution < -0.4 is 0 Å². The first-order valence-corrected chi connectivity index (χ1v) is 14.9. The molecule has 0 radical (unpaired) electrons. The van der Waals surface area contributed by atoms with Gasteiger partial charge in [0.25, 0.3) is 5.91 Å². The lowest BCUT2D eigenvalue weighted by Gasteiger charge is -2.37. The van der Waals surface area contributed by atoms with E-state index in [1.807, 2.05) is 24.3 Å². The van der Waals surface area contributed by atoms with Gasteiger partial charge in [-0.05, 0) is 61.8 Å². The zero-order valence-corrected chi connectivity index (χ0v) is 23.8. The highest BCUT2D eigenvalue weighted by molar-refractivity contribution is 6.42. The summed E-state index contributed by atoms with van der Waals surface area (Å²) in [5.41, 5.74) is 1.79. The second-order valence-electron chi connectivity index (χ2n) is 10.6. The molecule has 0 saturated carbocycles. The number of likely N-dealkylation sites (tertiary alicyclic amines) is 1. The zero-order valence-electron chi connectivity index (χ0n) is 22.3. The number of nitrogens with zero attached hydrogens (tertiary/aromatic N) is 2. The molecule has 3 aliphatic heterocycles. The van der Waals surface area contributed by atoms with Gasteiger partial charge in [-0.3, -0.25) is 9.69 Å². The summed E-state index contributed by atoms with van der Waals surface area (Å²) in [6.07, 6.45) is 6.58. The average molecular weight is 578 g/mol. The van der Waals surface area contributed by atoms with Gasteiger partial charge >= 0.3 is 0 Å². The van der Waals surface area contributed by atoms with E-state index in [4.69, 9.17) is 42.3 Å². The van der Waals surface area contributed by atoms with E-state index in [0.29, 0.717) is 23.2 Å². The first-order valence-electron chi connectivity index (χ1n) is 14.1. The maximum absolute atomic E-state index is 13.9. The highest BCUT2D eigenvalue weighted by atomic mass is 35.5. The number of benzene rings is 2. The van der Waals surface area contributed by atoms with Crippen LogP contribution in [0.5, 0.6) is 0 Å². The maximum Gasteiger partial charge on any atom is 0.251 e. The molecule has 3 saturated heterocycles. The number of amides is 1. The van der Waals surface area contributed by atoms with E-state index >= 15 is 0 Å². The Labute approximate surface area is 241 Å². The van der Waals surface area contributed by atoms with E-state index in [2.05, 4.69) is 17.0 Å². The predicted octanol–water partition coefficient (Wildman–Crippen LogP) is 6.18. The van der Waals surface area contributed by atoms with Crippen molar-refractivity contribution < 1.29 is 23.8 Å². The summed E-state index contributed by atoms with van der Waals surface area (Å²) < 4.78 is 18.0. The fourth-order valence-corrected chi connectivity index (χ4v) is 5.79. The van der Waals surface area contributed by atoms with Crippen molar-refractivity contribution in [3.63, 3.8) is 0 Å². The highest BCUT2D eigenvalue weighted by Crippen LogP contribution is 2.30. The van der Waals surface area contributed by atoms with Crippen molar-refractivity contribution in [3.8, 4) is 0 Å². The Kier molecular flexibility index (Phi) is 10.5. The number of halogens is 2. The van der Waals surface area contributed by atoms with Gasteiger partial charge in [0, 0.05) is 39.3 Å². The van der Waals surface area contributed by atoms with Crippen molar-refractivity contribution in [2.45, 2.75) is 76.1 Å². The van der Waals surface area contributed by atoms with Crippen LogP contribution in [0.1, 0.15) is 62.1 Å². The van der Waals surface area contributed by atoms with Gasteiger partial charge in [0.05, 0.1) is 28.6 Å². The summed E-state index contributed by atoms with van der Waals surface area (Å²) in [7, 11) is 0. The number of ether oxygens (including phenoxy) is 3. The van der Waals surface area contributed by atoms with E-state index in [1.54, 1.807) is 17.2 Å². The van der Waals surface area contributed by atoms with Crippen LogP contribution in [-0.2, 0) is 30.3 Å². The Morgan fingerprint density at radius 3 is 2.38 bits per heavy atom. The summed E-state index contributed by atoms with van der Waals surface area (Å²) in [6.45, 7) is 3.69. The molecule has 212 valence electrons. The van der Waals surface area contributed by atoms with Crippen LogP contribution in [0, 0.1) is 0 Å². The lowest BCUT2D eigenvalue weighted by molar-refractivity contribution is -0.293. The standard InChI is InChI=1S/C30H38Cl2N2O5/c31-25-13-12-22(18-26(25)32)19-28(35)34(39-30-11-5-7-17-37-30)27(23-8-2-1-3-9-23)21-33-15-14-24(20-33)38-29-10-4-6-16-36-29/h1-3,8-9,12-13,18,24,27,29-30H,4-7,10-11,14-17,19-21H2/t24-,27-,29?,30?/m1/s1. The molecule has 5 rings (SSSR count). The van der Waals surface area contributed by atoms with Gasteiger partial charge in [-0.25, -0.2) is 9.90 Å². The minimum atomic E-state index is -0.458. The van der Waals surface area contributed by atoms with Crippen LogP contribution in [0.4, 0.5) is 0 Å². The highest BCUT2D eigenvalue weighted by Gasteiger charge is 2.35. The number of hydrogen-bond donors (Lipinski definition) is 0. The Bertz CT molecular complexity index is 1060. The lowest BCUT2D eigenvalue weighted by atomic mass is 10.0. The van der Waals surface area contributed by atoms with Crippen LogP contribution in [-0.4, -0.2) is 67.4 Å².